The van der Waals surface area contributed by atoms with E-state index >= 15 is 0 Å². The summed E-state index contributed by atoms with van der Waals surface area (Å²) in [5.74, 6) is -1.82. The zero-order chi connectivity index (χ0) is 17.2. The van der Waals surface area contributed by atoms with E-state index in [2.05, 4.69) is 0 Å². The predicted molar refractivity (Wildman–Crippen MR) is 76.0 cm³/mol. The molecule has 0 radical (unpaired) electrons. The van der Waals surface area contributed by atoms with Gasteiger partial charge in [-0.1, -0.05) is 0 Å². The summed E-state index contributed by atoms with van der Waals surface area (Å²) in [7, 11) is 1.47. The van der Waals surface area contributed by atoms with Crippen LogP contribution in [0, 0.1) is 0 Å². The highest BCUT2D eigenvalue weighted by atomic mass is 16.6. The second kappa shape index (κ2) is 6.53. The van der Waals surface area contributed by atoms with Gasteiger partial charge in [-0.2, -0.15) is 0 Å². The Bertz CT molecular complexity index is 584. The molecule has 4 N–H and O–H groups in total. The topological polar surface area (TPSA) is 134 Å². The molecule has 0 aromatic heterocycles. The summed E-state index contributed by atoms with van der Waals surface area (Å²) in [6.07, 6.45) is -5.38. The van der Waals surface area contributed by atoms with E-state index in [1.807, 2.05) is 0 Å². The summed E-state index contributed by atoms with van der Waals surface area (Å²) in [4.78, 5) is 23.2. The molecule has 1 aliphatic rings. The summed E-state index contributed by atoms with van der Waals surface area (Å²) in [6.45, 7) is 0. The van der Waals surface area contributed by atoms with Gasteiger partial charge in [0, 0.05) is 12.8 Å². The van der Waals surface area contributed by atoms with Crippen molar-refractivity contribution in [2.24, 2.45) is 0 Å². The molecule has 1 saturated carbocycles. The number of rotatable bonds is 4. The molecule has 0 unspecified atom stereocenters. The lowest BCUT2D eigenvalue weighted by molar-refractivity contribution is -0.187. The second-order valence-electron chi connectivity index (χ2n) is 5.48. The highest BCUT2D eigenvalue weighted by Gasteiger charge is 2.50. The number of methoxy groups -OCH3 is 1. The lowest BCUT2D eigenvalue weighted by Gasteiger charge is -2.39. The first-order chi connectivity index (χ1) is 10.8. The van der Waals surface area contributed by atoms with Crippen LogP contribution in [0.2, 0.25) is 0 Å². The summed E-state index contributed by atoms with van der Waals surface area (Å²) in [5.41, 5.74) is -2.10. The fourth-order valence-electron chi connectivity index (χ4n) is 2.47. The van der Waals surface area contributed by atoms with Crippen LogP contribution >= 0.6 is 0 Å². The summed E-state index contributed by atoms with van der Waals surface area (Å²) in [5, 5.41) is 38.6. The molecule has 0 bridgehead atoms. The van der Waals surface area contributed by atoms with E-state index in [-0.39, 0.29) is 5.56 Å². The number of carboxylic acids is 1. The van der Waals surface area contributed by atoms with Gasteiger partial charge in [0.05, 0.1) is 18.8 Å². The van der Waals surface area contributed by atoms with Crippen LogP contribution in [0.3, 0.4) is 0 Å². The maximum atomic E-state index is 12.1. The number of aliphatic carboxylic acids is 1. The summed E-state index contributed by atoms with van der Waals surface area (Å²) < 4.78 is 10.0. The monoisotopic (exact) mass is 326 g/mol. The van der Waals surface area contributed by atoms with E-state index < -0.39 is 48.7 Å². The molecule has 23 heavy (non-hydrogen) atoms. The first kappa shape index (κ1) is 17.2. The van der Waals surface area contributed by atoms with Crippen LogP contribution in [0.25, 0.3) is 0 Å². The van der Waals surface area contributed by atoms with Gasteiger partial charge in [-0.05, 0) is 24.3 Å². The smallest absolute Gasteiger partial charge is 0.338 e. The third kappa shape index (κ3) is 3.61. The molecular formula is C15H18O8. The van der Waals surface area contributed by atoms with Crippen LogP contribution in [0.4, 0.5) is 0 Å². The number of carbonyl (C=O) groups excluding carboxylic acids is 1. The van der Waals surface area contributed by atoms with Crippen LogP contribution in [-0.2, 0) is 9.53 Å². The van der Waals surface area contributed by atoms with E-state index in [0.29, 0.717) is 5.75 Å². The lowest BCUT2D eigenvalue weighted by atomic mass is 9.79. The lowest BCUT2D eigenvalue weighted by Crippen LogP contribution is -2.57. The molecule has 1 fully saturated rings. The summed E-state index contributed by atoms with van der Waals surface area (Å²) >= 11 is 0. The first-order valence-corrected chi connectivity index (χ1v) is 6.94. The van der Waals surface area contributed by atoms with Crippen molar-refractivity contribution in [2.45, 2.75) is 36.8 Å². The molecule has 0 saturated heterocycles. The zero-order valence-corrected chi connectivity index (χ0v) is 12.4. The Morgan fingerprint density at radius 1 is 1.17 bits per heavy atom. The molecule has 0 spiro atoms. The van der Waals surface area contributed by atoms with Gasteiger partial charge in [-0.15, -0.1) is 0 Å². The van der Waals surface area contributed by atoms with E-state index in [1.54, 1.807) is 0 Å². The van der Waals surface area contributed by atoms with Gasteiger partial charge in [0.15, 0.2) is 5.60 Å². The highest BCUT2D eigenvalue weighted by Crippen LogP contribution is 2.31. The van der Waals surface area contributed by atoms with Crippen LogP contribution < -0.4 is 4.74 Å². The first-order valence-electron chi connectivity index (χ1n) is 6.94. The Morgan fingerprint density at radius 2 is 1.78 bits per heavy atom. The maximum Gasteiger partial charge on any atom is 0.338 e. The Morgan fingerprint density at radius 3 is 2.30 bits per heavy atom. The Balaban J connectivity index is 2.12. The molecule has 126 valence electrons. The molecule has 8 nitrogen and oxygen atoms in total. The van der Waals surface area contributed by atoms with E-state index in [1.165, 1.54) is 31.4 Å². The average Bonchev–Trinajstić information content (AvgIpc) is 2.52. The molecule has 0 amide bonds. The maximum absolute atomic E-state index is 12.1. The minimum atomic E-state index is -2.26. The van der Waals surface area contributed by atoms with Crippen molar-refractivity contribution in [1.29, 1.82) is 0 Å². The number of hydrogen-bond acceptors (Lipinski definition) is 7. The number of esters is 1. The standard InChI is InChI=1S/C15H18O8/c1-22-9-4-2-8(3-5-9)13(18)23-11-7-15(21,14(19)20)6-10(16)12(11)17/h2-5,10-12,16-17,21H,6-7H2,1H3,(H,19,20)/t10-,11-,12-,15+/m1/s1. The quantitative estimate of drug-likeness (QED) is 0.547. The third-order valence-electron chi connectivity index (χ3n) is 3.84. The van der Waals surface area contributed by atoms with Crippen molar-refractivity contribution in [3.05, 3.63) is 29.8 Å². The molecule has 0 aliphatic heterocycles. The minimum absolute atomic E-state index is 0.164. The number of carbonyl (C=O) groups is 2. The SMILES string of the molecule is COc1ccc(C(=O)O[C@@H]2C[C@](O)(C(=O)O)C[C@@H](O)[C@H]2O)cc1. The molecule has 0 heterocycles. The van der Waals surface area contributed by atoms with Crippen molar-refractivity contribution < 1.29 is 39.5 Å². The van der Waals surface area contributed by atoms with E-state index in [9.17, 15) is 24.9 Å². The number of carboxylic acid groups (broad SMARTS) is 1. The highest BCUT2D eigenvalue weighted by molar-refractivity contribution is 5.89. The van der Waals surface area contributed by atoms with Gasteiger partial charge >= 0.3 is 11.9 Å². The molecular weight excluding hydrogens is 308 g/mol. The summed E-state index contributed by atoms with van der Waals surface area (Å²) in [6, 6.07) is 5.96. The number of aliphatic hydroxyl groups is 3. The minimum Gasteiger partial charge on any atom is -0.497 e. The molecule has 4 atom stereocenters. The fourth-order valence-corrected chi connectivity index (χ4v) is 2.47. The molecule has 8 heteroatoms. The van der Waals surface area contributed by atoms with Gasteiger partial charge in [0.1, 0.15) is 18.0 Å². The van der Waals surface area contributed by atoms with Crippen LogP contribution in [0.1, 0.15) is 23.2 Å². The van der Waals surface area contributed by atoms with Crippen molar-refractivity contribution >= 4 is 11.9 Å². The van der Waals surface area contributed by atoms with Crippen molar-refractivity contribution in [3.8, 4) is 5.75 Å². The Labute approximate surface area is 131 Å². The predicted octanol–water partition coefficient (Wildman–Crippen LogP) is -0.448. The average molecular weight is 326 g/mol. The normalized spacial score (nSPS) is 30.5. The fraction of sp³-hybridized carbons (Fsp3) is 0.467. The second-order valence-corrected chi connectivity index (χ2v) is 5.48. The number of ether oxygens (including phenoxy) is 2. The molecule has 1 aliphatic carbocycles. The van der Waals surface area contributed by atoms with Gasteiger partial charge in [0.25, 0.3) is 0 Å². The molecule has 2 rings (SSSR count). The van der Waals surface area contributed by atoms with Crippen molar-refractivity contribution in [3.63, 3.8) is 0 Å². The number of benzene rings is 1. The molecule has 1 aromatic rings. The van der Waals surface area contributed by atoms with Gasteiger partial charge < -0.3 is 29.9 Å². The zero-order valence-electron chi connectivity index (χ0n) is 12.4. The van der Waals surface area contributed by atoms with Crippen molar-refractivity contribution in [1.82, 2.24) is 0 Å². The Hall–Kier alpha value is -2.16. The number of aliphatic hydroxyl groups excluding tert-OH is 2. The largest absolute Gasteiger partial charge is 0.497 e. The van der Waals surface area contributed by atoms with Crippen LogP contribution in [-0.4, -0.2) is 63.4 Å². The Kier molecular flexibility index (Phi) is 4.88. The van der Waals surface area contributed by atoms with Gasteiger partial charge in [0.2, 0.25) is 0 Å². The van der Waals surface area contributed by atoms with Crippen LogP contribution in [0.15, 0.2) is 24.3 Å². The third-order valence-corrected chi connectivity index (χ3v) is 3.84. The van der Waals surface area contributed by atoms with Crippen LogP contribution in [0.5, 0.6) is 5.75 Å². The van der Waals surface area contributed by atoms with Crippen molar-refractivity contribution in [2.75, 3.05) is 7.11 Å². The van der Waals surface area contributed by atoms with E-state index in [0.717, 1.165) is 0 Å². The van der Waals surface area contributed by atoms with Gasteiger partial charge in [-0.3, -0.25) is 0 Å². The van der Waals surface area contributed by atoms with E-state index in [4.69, 9.17) is 14.6 Å². The van der Waals surface area contributed by atoms with Gasteiger partial charge in [-0.25, -0.2) is 9.59 Å². The molecule has 1 aromatic carbocycles. The number of hydrogen-bond donors (Lipinski definition) is 4.